The smallest absolute Gasteiger partial charge is 0.0895 e. The Balaban J connectivity index is 0.000001000. The Labute approximate surface area is 78.5 Å². The van der Waals surface area contributed by atoms with Crippen molar-refractivity contribution in [1.29, 1.82) is 0 Å². The molecule has 1 aliphatic heterocycles. The number of hydrogen-bond donors (Lipinski definition) is 1. The van der Waals surface area contributed by atoms with E-state index in [0.29, 0.717) is 6.04 Å². The van der Waals surface area contributed by atoms with Gasteiger partial charge in [-0.2, -0.15) is 0 Å². The highest BCUT2D eigenvalue weighted by atomic mass is 79.9. The summed E-state index contributed by atoms with van der Waals surface area (Å²) in [6.45, 7) is 0.981. The molecule has 1 nitrogen and oxygen atoms in total. The van der Waals surface area contributed by atoms with Crippen LogP contribution in [0.1, 0.15) is 32.1 Å². The second-order valence-corrected chi connectivity index (χ2v) is 2.98. The zero-order chi connectivity index (χ0) is 7.23. The first kappa shape index (κ1) is 11.4. The van der Waals surface area contributed by atoms with Crippen LogP contribution in [0.4, 0.5) is 4.39 Å². The predicted molar refractivity (Wildman–Crippen MR) is 51.2 cm³/mol. The van der Waals surface area contributed by atoms with E-state index in [4.69, 9.17) is 0 Å². The normalized spacial score (nSPS) is 24.3. The molecule has 1 atom stereocenters. The summed E-state index contributed by atoms with van der Waals surface area (Å²) in [6.07, 6.45) is 5.63. The molecule has 1 aliphatic rings. The molecule has 3 heteroatoms. The van der Waals surface area contributed by atoms with Crippen LogP contribution in [0.15, 0.2) is 0 Å². The van der Waals surface area contributed by atoms with Crippen molar-refractivity contribution in [1.82, 2.24) is 5.32 Å². The minimum absolute atomic E-state index is 0. The van der Waals surface area contributed by atoms with Gasteiger partial charge in [-0.15, -0.1) is 17.0 Å². The van der Waals surface area contributed by atoms with Crippen LogP contribution >= 0.6 is 17.0 Å². The lowest BCUT2D eigenvalue weighted by Crippen LogP contribution is -2.33. The molecule has 0 aromatic heterocycles. The van der Waals surface area contributed by atoms with Crippen LogP contribution in [0.3, 0.4) is 0 Å². The van der Waals surface area contributed by atoms with Gasteiger partial charge in [0.25, 0.3) is 0 Å². The van der Waals surface area contributed by atoms with Crippen molar-refractivity contribution in [2.75, 3.05) is 13.2 Å². The first-order chi connectivity index (χ1) is 4.93. The van der Waals surface area contributed by atoms with Gasteiger partial charge < -0.3 is 5.32 Å². The van der Waals surface area contributed by atoms with Crippen LogP contribution in [0.5, 0.6) is 0 Å². The highest BCUT2D eigenvalue weighted by molar-refractivity contribution is 8.93. The lowest BCUT2D eigenvalue weighted by Gasteiger charge is -2.22. The summed E-state index contributed by atoms with van der Waals surface area (Å²) >= 11 is 0. The van der Waals surface area contributed by atoms with Gasteiger partial charge in [0.05, 0.1) is 6.67 Å². The Bertz CT molecular complexity index is 84.2. The highest BCUT2D eigenvalue weighted by Crippen LogP contribution is 2.11. The molecular weight excluding hydrogens is 209 g/mol. The Morgan fingerprint density at radius 2 is 2.18 bits per heavy atom. The molecule has 1 rings (SSSR count). The average Bonchev–Trinajstić information content (AvgIpc) is 2.03. The van der Waals surface area contributed by atoms with Gasteiger partial charge in [-0.05, 0) is 32.2 Å². The summed E-state index contributed by atoms with van der Waals surface area (Å²) < 4.78 is 11.7. The third-order valence-electron chi connectivity index (χ3n) is 2.10. The van der Waals surface area contributed by atoms with Gasteiger partial charge in [0.15, 0.2) is 0 Å². The zero-order valence-electron chi connectivity index (χ0n) is 6.81. The largest absolute Gasteiger partial charge is 0.314 e. The molecule has 68 valence electrons. The number of alkyl halides is 1. The Morgan fingerprint density at radius 1 is 1.36 bits per heavy atom. The molecule has 1 heterocycles. The van der Waals surface area contributed by atoms with Crippen molar-refractivity contribution in [2.45, 2.75) is 38.1 Å². The first-order valence-electron chi connectivity index (χ1n) is 4.23. The van der Waals surface area contributed by atoms with E-state index in [-0.39, 0.29) is 23.7 Å². The standard InChI is InChI=1S/C8H16FN.BrH/c9-6-3-5-8-4-1-2-7-10-8;/h8,10H,1-7H2;1H. The van der Waals surface area contributed by atoms with E-state index < -0.39 is 0 Å². The molecule has 1 saturated heterocycles. The van der Waals surface area contributed by atoms with E-state index in [1.165, 1.54) is 19.3 Å². The maximum atomic E-state index is 11.7. The molecule has 0 aromatic carbocycles. The van der Waals surface area contributed by atoms with Crippen molar-refractivity contribution >= 4 is 17.0 Å². The number of piperidine rings is 1. The lowest BCUT2D eigenvalue weighted by molar-refractivity contribution is 0.353. The Kier molecular flexibility index (Phi) is 7.28. The highest BCUT2D eigenvalue weighted by Gasteiger charge is 2.10. The fourth-order valence-corrected chi connectivity index (χ4v) is 1.49. The van der Waals surface area contributed by atoms with Crippen LogP contribution in [-0.2, 0) is 0 Å². The number of nitrogens with one attached hydrogen (secondary N) is 1. The van der Waals surface area contributed by atoms with Gasteiger partial charge in [-0.25, -0.2) is 0 Å². The maximum Gasteiger partial charge on any atom is 0.0895 e. The molecule has 1 fully saturated rings. The second-order valence-electron chi connectivity index (χ2n) is 2.98. The van der Waals surface area contributed by atoms with E-state index >= 15 is 0 Å². The first-order valence-corrected chi connectivity index (χ1v) is 4.23. The van der Waals surface area contributed by atoms with Gasteiger partial charge in [-0.1, -0.05) is 6.42 Å². The van der Waals surface area contributed by atoms with Crippen molar-refractivity contribution < 1.29 is 4.39 Å². The molecule has 0 bridgehead atoms. The maximum absolute atomic E-state index is 11.7. The molecule has 0 amide bonds. The van der Waals surface area contributed by atoms with Gasteiger partial charge >= 0.3 is 0 Å². The third-order valence-corrected chi connectivity index (χ3v) is 2.10. The number of halogens is 2. The lowest BCUT2D eigenvalue weighted by atomic mass is 10.0. The third kappa shape index (κ3) is 4.75. The van der Waals surface area contributed by atoms with Crippen molar-refractivity contribution in [2.24, 2.45) is 0 Å². The molecular formula is C8H17BrFN. The molecule has 11 heavy (non-hydrogen) atoms. The molecule has 0 saturated carbocycles. The van der Waals surface area contributed by atoms with E-state index in [9.17, 15) is 4.39 Å². The van der Waals surface area contributed by atoms with Crippen LogP contribution in [0, 0.1) is 0 Å². The van der Waals surface area contributed by atoms with Crippen LogP contribution in [0.2, 0.25) is 0 Å². The summed E-state index contributed by atoms with van der Waals surface area (Å²) in [5, 5.41) is 3.39. The fraction of sp³-hybridized carbons (Fsp3) is 1.00. The Morgan fingerprint density at radius 3 is 2.73 bits per heavy atom. The van der Waals surface area contributed by atoms with Gasteiger partial charge in [0, 0.05) is 6.04 Å². The summed E-state index contributed by atoms with van der Waals surface area (Å²) in [6, 6.07) is 0.615. The summed E-state index contributed by atoms with van der Waals surface area (Å²) in [4.78, 5) is 0. The monoisotopic (exact) mass is 225 g/mol. The van der Waals surface area contributed by atoms with Crippen molar-refractivity contribution in [3.63, 3.8) is 0 Å². The fourth-order valence-electron chi connectivity index (χ4n) is 1.49. The van der Waals surface area contributed by atoms with Gasteiger partial charge in [0.2, 0.25) is 0 Å². The second kappa shape index (κ2) is 7.04. The van der Waals surface area contributed by atoms with Crippen molar-refractivity contribution in [3.05, 3.63) is 0 Å². The summed E-state index contributed by atoms with van der Waals surface area (Å²) in [7, 11) is 0. The minimum Gasteiger partial charge on any atom is -0.314 e. The van der Waals surface area contributed by atoms with E-state index in [1.807, 2.05) is 0 Å². The molecule has 1 N–H and O–H groups in total. The SMILES string of the molecule is Br.FCCCC1CCCCN1. The van der Waals surface area contributed by atoms with Crippen LogP contribution in [-0.4, -0.2) is 19.3 Å². The molecule has 0 radical (unpaired) electrons. The van der Waals surface area contributed by atoms with Crippen LogP contribution in [0.25, 0.3) is 0 Å². The topological polar surface area (TPSA) is 12.0 Å². The van der Waals surface area contributed by atoms with Crippen LogP contribution < -0.4 is 5.32 Å². The average molecular weight is 226 g/mol. The molecule has 0 aromatic rings. The zero-order valence-corrected chi connectivity index (χ0v) is 8.53. The molecule has 1 unspecified atom stereocenters. The quantitative estimate of drug-likeness (QED) is 0.779. The number of hydrogen-bond acceptors (Lipinski definition) is 1. The summed E-state index contributed by atoms with van der Waals surface area (Å²) in [5.41, 5.74) is 0. The Hall–Kier alpha value is 0.370. The van der Waals surface area contributed by atoms with E-state index in [0.717, 1.165) is 19.4 Å². The van der Waals surface area contributed by atoms with Crippen molar-refractivity contribution in [3.8, 4) is 0 Å². The number of rotatable bonds is 3. The summed E-state index contributed by atoms with van der Waals surface area (Å²) in [5.74, 6) is 0. The van der Waals surface area contributed by atoms with E-state index in [2.05, 4.69) is 5.32 Å². The van der Waals surface area contributed by atoms with Gasteiger partial charge in [-0.3, -0.25) is 4.39 Å². The molecule has 0 spiro atoms. The molecule has 0 aliphatic carbocycles. The predicted octanol–water partition coefficient (Wildman–Crippen LogP) is 2.46. The minimum atomic E-state index is -0.155. The van der Waals surface area contributed by atoms with E-state index in [1.54, 1.807) is 0 Å². The van der Waals surface area contributed by atoms with Gasteiger partial charge in [0.1, 0.15) is 0 Å².